The van der Waals surface area contributed by atoms with E-state index in [1.807, 2.05) is 39.8 Å². The van der Waals surface area contributed by atoms with Gasteiger partial charge in [0, 0.05) is 39.2 Å². The molecule has 3 heterocycles. The lowest BCUT2D eigenvalue weighted by molar-refractivity contribution is -0.117. The Morgan fingerprint density at radius 3 is 1.79 bits per heavy atom. The summed E-state index contributed by atoms with van der Waals surface area (Å²) in [7, 11) is -0.481. The molecule has 0 aliphatic carbocycles. The molecule has 0 aromatic heterocycles. The molecule has 0 atom stereocenters. The monoisotopic (exact) mass is 566 g/mol. The molecule has 180 valence electrons. The number of carbonyl (C=O) groups excluding carboxylic acids is 2. The maximum absolute atomic E-state index is 11.4. The van der Waals surface area contributed by atoms with Gasteiger partial charge in [-0.05, 0) is 85.8 Å². The van der Waals surface area contributed by atoms with Crippen LogP contribution in [0.2, 0.25) is 10.0 Å². The summed E-state index contributed by atoms with van der Waals surface area (Å²) in [6, 6.07) is 7.50. The number of hydrogen-bond acceptors (Lipinski definition) is 4. The van der Waals surface area contributed by atoms with Gasteiger partial charge in [-0.1, -0.05) is 29.3 Å². The minimum atomic E-state index is -0.481. The van der Waals surface area contributed by atoms with Crippen molar-refractivity contribution in [2.75, 3.05) is 10.6 Å². The highest BCUT2D eigenvalue weighted by molar-refractivity contribution is 9.10. The van der Waals surface area contributed by atoms with Crippen molar-refractivity contribution in [2.45, 2.75) is 64.6 Å². The summed E-state index contributed by atoms with van der Waals surface area (Å²) in [6.07, 6.45) is 2.56. The highest BCUT2D eigenvalue weighted by atomic mass is 79.9. The lowest BCUT2D eigenvalue weighted by atomic mass is 9.77. The Labute approximate surface area is 218 Å². The normalized spacial score (nSPS) is 19.9. The summed E-state index contributed by atoms with van der Waals surface area (Å²) in [4.78, 5) is 22.5. The van der Waals surface area contributed by atoms with Gasteiger partial charge in [0.25, 0.3) is 0 Å². The summed E-state index contributed by atoms with van der Waals surface area (Å²) in [6.45, 7) is 8.05. The minimum absolute atomic E-state index is 0.0296. The van der Waals surface area contributed by atoms with Crippen LogP contribution in [0.5, 0.6) is 0 Å². The first-order chi connectivity index (χ1) is 15.9. The molecular weight excluding hydrogens is 542 g/mol. The molecule has 10 heteroatoms. The van der Waals surface area contributed by atoms with Gasteiger partial charge in [0.15, 0.2) is 0 Å². The molecule has 1 fully saturated rings. The SMILES string of the molecule is CC1(C)OB(c2cc3c(cc2Cl)NC(=O)CC3)OC1(C)C.O=C1CCc2cc(Br)c(Cl)cc2N1. The molecule has 2 N–H and O–H groups in total. The molecular formula is C24H26BBrCl2N2O4. The van der Waals surface area contributed by atoms with Gasteiger partial charge in [0.05, 0.1) is 16.2 Å². The predicted molar refractivity (Wildman–Crippen MR) is 140 cm³/mol. The van der Waals surface area contributed by atoms with E-state index in [9.17, 15) is 9.59 Å². The average molecular weight is 568 g/mol. The quantitative estimate of drug-likeness (QED) is 0.446. The van der Waals surface area contributed by atoms with Crippen LogP contribution in [0.4, 0.5) is 11.4 Å². The third kappa shape index (κ3) is 5.16. The minimum Gasteiger partial charge on any atom is -0.399 e. The number of carbonyl (C=O) groups is 2. The fourth-order valence-electron chi connectivity index (χ4n) is 3.94. The third-order valence-corrected chi connectivity index (χ3v) is 8.19. The van der Waals surface area contributed by atoms with Crippen LogP contribution in [0.3, 0.4) is 0 Å². The maximum atomic E-state index is 11.4. The van der Waals surface area contributed by atoms with Gasteiger partial charge in [0.1, 0.15) is 0 Å². The van der Waals surface area contributed by atoms with Crippen molar-refractivity contribution >= 4 is 74.9 Å². The number of hydrogen-bond donors (Lipinski definition) is 2. The van der Waals surface area contributed by atoms with Gasteiger partial charge in [0.2, 0.25) is 11.8 Å². The van der Waals surface area contributed by atoms with Crippen LogP contribution >= 0.6 is 39.1 Å². The maximum Gasteiger partial charge on any atom is 0.496 e. The first-order valence-electron chi connectivity index (χ1n) is 11.1. The first-order valence-corrected chi connectivity index (χ1v) is 12.7. The Morgan fingerprint density at radius 2 is 1.26 bits per heavy atom. The van der Waals surface area contributed by atoms with Crippen LogP contribution in [0.15, 0.2) is 28.7 Å². The fraction of sp³-hybridized carbons (Fsp3) is 0.417. The number of nitrogens with one attached hydrogen (secondary N) is 2. The highest BCUT2D eigenvalue weighted by Gasteiger charge is 2.52. The van der Waals surface area contributed by atoms with E-state index >= 15 is 0 Å². The molecule has 0 bridgehead atoms. The smallest absolute Gasteiger partial charge is 0.399 e. The number of fused-ring (bicyclic) bond motifs is 2. The Morgan fingerprint density at radius 1 is 0.794 bits per heavy atom. The standard InChI is InChI=1S/C15H19BClNO3.C9H7BrClNO/c1-14(2)15(3,4)21-16(20-14)10-7-9-5-6-13(19)18-12(9)8-11(10)17;10-6-3-5-1-2-9(13)12-8(5)4-7(6)11/h7-8H,5-6H2,1-4H3,(H,18,19);3-4H,1-2H2,(H,12,13). The van der Waals surface area contributed by atoms with E-state index < -0.39 is 18.3 Å². The van der Waals surface area contributed by atoms with Crippen LogP contribution in [-0.2, 0) is 31.7 Å². The summed E-state index contributed by atoms with van der Waals surface area (Å²) in [5, 5.41) is 6.81. The topological polar surface area (TPSA) is 76.7 Å². The number of halogens is 3. The van der Waals surface area contributed by atoms with Gasteiger partial charge >= 0.3 is 7.12 Å². The van der Waals surface area contributed by atoms with Gasteiger partial charge in [-0.25, -0.2) is 0 Å². The van der Waals surface area contributed by atoms with E-state index in [1.54, 1.807) is 12.1 Å². The van der Waals surface area contributed by atoms with E-state index in [2.05, 4.69) is 26.6 Å². The molecule has 5 rings (SSSR count). The zero-order chi connectivity index (χ0) is 24.8. The molecule has 0 saturated carbocycles. The zero-order valence-electron chi connectivity index (χ0n) is 19.5. The molecule has 2 aromatic rings. The van der Waals surface area contributed by atoms with Crippen molar-refractivity contribution in [1.82, 2.24) is 0 Å². The lowest BCUT2D eigenvalue weighted by Gasteiger charge is -2.32. The van der Waals surface area contributed by atoms with E-state index in [0.29, 0.717) is 29.3 Å². The number of benzene rings is 2. The number of amides is 2. The highest BCUT2D eigenvalue weighted by Crippen LogP contribution is 2.38. The fourth-order valence-corrected chi connectivity index (χ4v) is 4.75. The van der Waals surface area contributed by atoms with E-state index in [-0.39, 0.29) is 11.8 Å². The molecule has 0 radical (unpaired) electrons. The van der Waals surface area contributed by atoms with Crippen LogP contribution in [0.1, 0.15) is 51.7 Å². The summed E-state index contributed by atoms with van der Waals surface area (Å²) in [5.41, 5.74) is 3.86. The van der Waals surface area contributed by atoms with Gasteiger partial charge < -0.3 is 19.9 Å². The van der Waals surface area contributed by atoms with Crippen molar-refractivity contribution in [3.05, 3.63) is 49.9 Å². The van der Waals surface area contributed by atoms with Crippen molar-refractivity contribution in [3.63, 3.8) is 0 Å². The first kappa shape index (κ1) is 25.5. The largest absolute Gasteiger partial charge is 0.496 e. The second kappa shape index (κ2) is 9.47. The molecule has 6 nitrogen and oxygen atoms in total. The second-order valence-corrected chi connectivity index (χ2v) is 11.3. The molecule has 3 aliphatic rings. The Balaban J connectivity index is 0.000000180. The predicted octanol–water partition coefficient (Wildman–Crippen LogP) is 5.51. The van der Waals surface area contributed by atoms with E-state index in [4.69, 9.17) is 32.5 Å². The summed E-state index contributed by atoms with van der Waals surface area (Å²) >= 11 is 15.6. The van der Waals surface area contributed by atoms with Crippen molar-refractivity contribution in [1.29, 1.82) is 0 Å². The van der Waals surface area contributed by atoms with Crippen LogP contribution in [-0.4, -0.2) is 30.1 Å². The zero-order valence-corrected chi connectivity index (χ0v) is 22.6. The second-order valence-electron chi connectivity index (χ2n) is 9.64. The Bertz CT molecular complexity index is 1160. The molecule has 1 saturated heterocycles. The lowest BCUT2D eigenvalue weighted by Crippen LogP contribution is -2.41. The Hall–Kier alpha value is -1.58. The number of aryl methyl sites for hydroxylation is 2. The van der Waals surface area contributed by atoms with Gasteiger partial charge in [-0.3, -0.25) is 9.59 Å². The molecule has 34 heavy (non-hydrogen) atoms. The van der Waals surface area contributed by atoms with Crippen molar-refractivity contribution < 1.29 is 18.9 Å². The van der Waals surface area contributed by atoms with Crippen LogP contribution < -0.4 is 16.1 Å². The molecule has 3 aliphatic heterocycles. The van der Waals surface area contributed by atoms with Crippen LogP contribution in [0, 0.1) is 0 Å². The average Bonchev–Trinajstić information content (AvgIpc) is 2.96. The van der Waals surface area contributed by atoms with Gasteiger partial charge in [-0.2, -0.15) is 0 Å². The van der Waals surface area contributed by atoms with E-state index in [0.717, 1.165) is 38.9 Å². The molecule has 0 unspecified atom stereocenters. The molecule has 0 spiro atoms. The van der Waals surface area contributed by atoms with E-state index in [1.165, 1.54) is 0 Å². The van der Waals surface area contributed by atoms with Gasteiger partial charge in [-0.15, -0.1) is 0 Å². The number of anilines is 2. The molecule has 2 aromatic carbocycles. The summed E-state index contributed by atoms with van der Waals surface area (Å²) in [5.74, 6) is 0.0906. The summed E-state index contributed by atoms with van der Waals surface area (Å²) < 4.78 is 13.0. The van der Waals surface area contributed by atoms with Crippen molar-refractivity contribution in [3.8, 4) is 0 Å². The Kier molecular flexibility index (Phi) is 7.11. The van der Waals surface area contributed by atoms with Crippen LogP contribution in [0.25, 0.3) is 0 Å². The number of rotatable bonds is 1. The molecule has 2 amide bonds. The third-order valence-electron chi connectivity index (χ3n) is 6.67. The van der Waals surface area contributed by atoms with Crippen molar-refractivity contribution in [2.24, 2.45) is 0 Å².